The maximum Gasteiger partial charge on any atom is 0.173 e. The Morgan fingerprint density at radius 2 is 2.20 bits per heavy atom. The molecular weight excluding hydrogens is 258 g/mol. The quantitative estimate of drug-likeness (QED) is 0.373. The minimum atomic E-state index is 0.00549. The Morgan fingerprint density at radius 3 is 2.90 bits per heavy atom. The molecule has 7 nitrogen and oxygen atoms in total. The average molecular weight is 275 g/mol. The molecule has 7 heteroatoms. The van der Waals surface area contributed by atoms with Crippen molar-refractivity contribution in [3.8, 4) is 5.75 Å². The highest BCUT2D eigenvalue weighted by Crippen LogP contribution is 2.19. The van der Waals surface area contributed by atoms with Crippen molar-refractivity contribution >= 4 is 5.84 Å². The molecule has 20 heavy (non-hydrogen) atoms. The van der Waals surface area contributed by atoms with Gasteiger partial charge in [-0.25, -0.2) is 9.67 Å². The number of para-hydroxylation sites is 1. The van der Waals surface area contributed by atoms with Crippen molar-refractivity contribution in [1.29, 1.82) is 0 Å². The summed E-state index contributed by atoms with van der Waals surface area (Å²) in [4.78, 5) is 4.16. The summed E-state index contributed by atoms with van der Waals surface area (Å²) in [5, 5.41) is 15.9. The van der Waals surface area contributed by atoms with Gasteiger partial charge in [0.1, 0.15) is 18.7 Å². The molecule has 0 unspecified atom stereocenters. The molecule has 1 aromatic carbocycles. The van der Waals surface area contributed by atoms with E-state index in [9.17, 15) is 0 Å². The molecule has 0 radical (unpaired) electrons. The molecule has 0 aliphatic carbocycles. The van der Waals surface area contributed by atoms with E-state index in [0.717, 1.165) is 0 Å². The Kier molecular flexibility index (Phi) is 4.19. The topological polar surface area (TPSA) is 98.5 Å². The number of benzene rings is 1. The second kappa shape index (κ2) is 6.05. The Labute approximate surface area is 116 Å². The maximum absolute atomic E-state index is 8.76. The van der Waals surface area contributed by atoms with E-state index in [1.165, 1.54) is 6.33 Å². The van der Waals surface area contributed by atoms with Crippen molar-refractivity contribution < 1.29 is 9.94 Å². The van der Waals surface area contributed by atoms with E-state index in [1.54, 1.807) is 22.9 Å². The minimum Gasteiger partial charge on any atom is -0.485 e. The van der Waals surface area contributed by atoms with E-state index in [0.29, 0.717) is 17.1 Å². The fourth-order valence-corrected chi connectivity index (χ4v) is 1.81. The number of rotatable bonds is 5. The number of amidine groups is 1. The zero-order chi connectivity index (χ0) is 14.5. The number of hydrogen-bond donors (Lipinski definition) is 2. The van der Waals surface area contributed by atoms with Crippen LogP contribution in [0.1, 0.15) is 31.3 Å². The van der Waals surface area contributed by atoms with Crippen LogP contribution in [0.4, 0.5) is 0 Å². The number of nitrogens with two attached hydrogens (primary N) is 1. The molecule has 0 aliphatic rings. The fourth-order valence-electron chi connectivity index (χ4n) is 1.81. The highest BCUT2D eigenvalue weighted by Gasteiger charge is 2.11. The minimum absolute atomic E-state index is 0.00549. The SMILES string of the molecule is CC(C)n1ncnc1COc1ccccc1C(N)=NO. The summed E-state index contributed by atoms with van der Waals surface area (Å²) in [6, 6.07) is 7.28. The molecule has 0 spiro atoms. The van der Waals surface area contributed by atoms with Gasteiger partial charge in [-0.1, -0.05) is 17.3 Å². The van der Waals surface area contributed by atoms with Crippen molar-refractivity contribution in [2.45, 2.75) is 26.5 Å². The van der Waals surface area contributed by atoms with Gasteiger partial charge in [0.25, 0.3) is 0 Å². The highest BCUT2D eigenvalue weighted by atomic mass is 16.5. The zero-order valence-electron chi connectivity index (χ0n) is 11.4. The molecule has 0 saturated carbocycles. The fraction of sp³-hybridized carbons (Fsp3) is 0.308. The number of oxime groups is 1. The van der Waals surface area contributed by atoms with E-state index in [-0.39, 0.29) is 18.5 Å². The first kappa shape index (κ1) is 13.9. The lowest BCUT2D eigenvalue weighted by molar-refractivity contribution is 0.281. The van der Waals surface area contributed by atoms with Crippen LogP contribution in [0.5, 0.6) is 5.75 Å². The Morgan fingerprint density at radius 1 is 1.45 bits per heavy atom. The monoisotopic (exact) mass is 275 g/mol. The van der Waals surface area contributed by atoms with Gasteiger partial charge in [0.2, 0.25) is 0 Å². The van der Waals surface area contributed by atoms with Crippen LogP contribution in [0.3, 0.4) is 0 Å². The van der Waals surface area contributed by atoms with Gasteiger partial charge < -0.3 is 15.7 Å². The van der Waals surface area contributed by atoms with Crippen molar-refractivity contribution in [2.75, 3.05) is 0 Å². The Bertz CT molecular complexity index is 606. The molecule has 3 N–H and O–H groups in total. The van der Waals surface area contributed by atoms with Crippen LogP contribution in [0.25, 0.3) is 0 Å². The first-order valence-corrected chi connectivity index (χ1v) is 6.21. The van der Waals surface area contributed by atoms with E-state index in [1.807, 2.05) is 19.9 Å². The predicted molar refractivity (Wildman–Crippen MR) is 73.7 cm³/mol. The largest absolute Gasteiger partial charge is 0.485 e. The van der Waals surface area contributed by atoms with Crippen LogP contribution in [-0.4, -0.2) is 25.8 Å². The maximum atomic E-state index is 8.76. The van der Waals surface area contributed by atoms with Crippen LogP contribution < -0.4 is 10.5 Å². The third-order valence-corrected chi connectivity index (χ3v) is 2.76. The predicted octanol–water partition coefficient (Wildman–Crippen LogP) is 1.53. The molecule has 0 bridgehead atoms. The molecule has 0 saturated heterocycles. The van der Waals surface area contributed by atoms with Crippen LogP contribution in [-0.2, 0) is 6.61 Å². The lowest BCUT2D eigenvalue weighted by Gasteiger charge is -2.12. The summed E-state index contributed by atoms with van der Waals surface area (Å²) in [6.45, 7) is 4.29. The molecule has 0 atom stereocenters. The van der Waals surface area contributed by atoms with Gasteiger partial charge in [-0.2, -0.15) is 5.10 Å². The Hall–Kier alpha value is -2.57. The number of hydrogen-bond acceptors (Lipinski definition) is 5. The van der Waals surface area contributed by atoms with Crippen molar-refractivity contribution in [3.05, 3.63) is 42.0 Å². The second-order valence-electron chi connectivity index (χ2n) is 4.48. The lowest BCUT2D eigenvalue weighted by Crippen LogP contribution is -2.16. The third-order valence-electron chi connectivity index (χ3n) is 2.76. The van der Waals surface area contributed by atoms with Gasteiger partial charge in [-0.3, -0.25) is 0 Å². The summed E-state index contributed by atoms with van der Waals surface area (Å²) >= 11 is 0. The lowest BCUT2D eigenvalue weighted by atomic mass is 10.2. The number of ether oxygens (including phenoxy) is 1. The standard InChI is InChI=1S/C13H17N5O2/c1-9(2)18-12(15-8-16-18)7-20-11-6-4-3-5-10(11)13(14)17-19/h3-6,8-9,19H,7H2,1-2H3,(H2,14,17). The van der Waals surface area contributed by atoms with Gasteiger partial charge in [0.15, 0.2) is 11.7 Å². The molecule has 106 valence electrons. The highest BCUT2D eigenvalue weighted by molar-refractivity contribution is 5.99. The van der Waals surface area contributed by atoms with Crippen LogP contribution >= 0.6 is 0 Å². The molecule has 2 rings (SSSR count). The van der Waals surface area contributed by atoms with E-state index < -0.39 is 0 Å². The van der Waals surface area contributed by atoms with Gasteiger partial charge >= 0.3 is 0 Å². The van der Waals surface area contributed by atoms with Gasteiger partial charge in [-0.15, -0.1) is 0 Å². The average Bonchev–Trinajstić information content (AvgIpc) is 2.93. The van der Waals surface area contributed by atoms with Gasteiger partial charge in [0.05, 0.1) is 5.56 Å². The summed E-state index contributed by atoms with van der Waals surface area (Å²) in [6.07, 6.45) is 1.49. The first-order valence-electron chi connectivity index (χ1n) is 6.21. The molecule has 0 amide bonds. The van der Waals surface area contributed by atoms with Crippen LogP contribution in [0, 0.1) is 0 Å². The molecule has 0 aliphatic heterocycles. The third kappa shape index (κ3) is 2.87. The molecule has 0 fully saturated rings. The molecular formula is C13H17N5O2. The van der Waals surface area contributed by atoms with Gasteiger partial charge in [-0.05, 0) is 26.0 Å². The van der Waals surface area contributed by atoms with Crippen LogP contribution in [0.15, 0.2) is 35.7 Å². The van der Waals surface area contributed by atoms with Gasteiger partial charge in [0, 0.05) is 6.04 Å². The molecule has 1 heterocycles. The van der Waals surface area contributed by atoms with E-state index in [2.05, 4.69) is 15.2 Å². The second-order valence-corrected chi connectivity index (χ2v) is 4.48. The molecule has 2 aromatic rings. The summed E-state index contributed by atoms with van der Waals surface area (Å²) in [5.74, 6) is 1.25. The van der Waals surface area contributed by atoms with E-state index in [4.69, 9.17) is 15.7 Å². The van der Waals surface area contributed by atoms with Crippen molar-refractivity contribution in [1.82, 2.24) is 14.8 Å². The summed E-state index contributed by atoms with van der Waals surface area (Å²) in [5.41, 5.74) is 6.14. The van der Waals surface area contributed by atoms with Crippen molar-refractivity contribution in [2.24, 2.45) is 10.9 Å². The Balaban J connectivity index is 2.17. The number of nitrogens with zero attached hydrogens (tertiary/aromatic N) is 4. The number of aromatic nitrogens is 3. The summed E-state index contributed by atoms with van der Waals surface area (Å²) in [7, 11) is 0. The van der Waals surface area contributed by atoms with E-state index >= 15 is 0 Å². The summed E-state index contributed by atoms with van der Waals surface area (Å²) < 4.78 is 7.48. The van der Waals surface area contributed by atoms with Crippen molar-refractivity contribution in [3.63, 3.8) is 0 Å². The normalized spacial score (nSPS) is 11.8. The molecule has 1 aromatic heterocycles. The zero-order valence-corrected chi connectivity index (χ0v) is 11.4. The smallest absolute Gasteiger partial charge is 0.173 e. The first-order chi connectivity index (χ1) is 9.63. The van der Waals surface area contributed by atoms with Crippen LogP contribution in [0.2, 0.25) is 0 Å².